The van der Waals surface area contributed by atoms with Gasteiger partial charge in [0.05, 0.1) is 0 Å². The molecule has 0 radical (unpaired) electrons. The molecule has 0 saturated heterocycles. The fourth-order valence-corrected chi connectivity index (χ4v) is 1.02. The van der Waals surface area contributed by atoms with Crippen LogP contribution in [0.4, 0.5) is 0 Å². The summed E-state index contributed by atoms with van der Waals surface area (Å²) in [6, 6.07) is 1.75. The lowest BCUT2D eigenvalue weighted by atomic mass is 10.1. The zero-order valence-corrected chi connectivity index (χ0v) is 8.50. The zero-order chi connectivity index (χ0) is 9.35. The first-order valence-corrected chi connectivity index (χ1v) is 4.25. The Hall–Kier alpha value is -0.840. The maximum atomic E-state index is 11.0. The number of rotatable bonds is 2. The van der Waals surface area contributed by atoms with E-state index in [-0.39, 0.29) is 0 Å². The summed E-state index contributed by atoms with van der Waals surface area (Å²) in [7, 11) is 0. The molecule has 1 amide bonds. The van der Waals surface area contributed by atoms with Crippen molar-refractivity contribution in [1.82, 2.24) is 9.78 Å². The number of nitrogens with zero attached hydrogens (tertiary/aromatic N) is 2. The molecular formula is C7H10BrN3O. The fourth-order valence-electron chi connectivity index (χ4n) is 0.726. The minimum atomic E-state index is -0.772. The molecule has 0 aliphatic heterocycles. The van der Waals surface area contributed by atoms with Crippen LogP contribution in [0, 0.1) is 0 Å². The van der Waals surface area contributed by atoms with Crippen LogP contribution in [-0.4, -0.2) is 15.7 Å². The number of primary amides is 1. The van der Waals surface area contributed by atoms with E-state index in [1.807, 2.05) is 0 Å². The Labute approximate surface area is 78.9 Å². The van der Waals surface area contributed by atoms with Gasteiger partial charge < -0.3 is 5.73 Å². The van der Waals surface area contributed by atoms with Crippen molar-refractivity contribution in [3.63, 3.8) is 0 Å². The highest BCUT2D eigenvalue weighted by atomic mass is 79.9. The number of halogens is 1. The van der Waals surface area contributed by atoms with Crippen molar-refractivity contribution in [3.8, 4) is 0 Å². The Kier molecular flexibility index (Phi) is 2.23. The summed E-state index contributed by atoms with van der Waals surface area (Å²) < 4.78 is 2.22. The van der Waals surface area contributed by atoms with Gasteiger partial charge in [-0.2, -0.15) is 5.10 Å². The highest BCUT2D eigenvalue weighted by Crippen LogP contribution is 2.15. The maximum absolute atomic E-state index is 11.0. The molecule has 66 valence electrons. The van der Waals surface area contributed by atoms with Crippen LogP contribution >= 0.6 is 15.9 Å². The van der Waals surface area contributed by atoms with Gasteiger partial charge in [-0.15, -0.1) is 0 Å². The van der Waals surface area contributed by atoms with Crippen LogP contribution < -0.4 is 5.73 Å². The lowest BCUT2D eigenvalue weighted by Gasteiger charge is -2.20. The van der Waals surface area contributed by atoms with E-state index in [9.17, 15) is 4.79 Å². The first-order valence-electron chi connectivity index (χ1n) is 3.46. The van der Waals surface area contributed by atoms with Crippen molar-refractivity contribution < 1.29 is 4.79 Å². The van der Waals surface area contributed by atoms with Gasteiger partial charge in [-0.05, 0) is 35.8 Å². The number of carbonyl (C=O) groups excluding carboxylic acids is 1. The number of hydrogen-bond acceptors (Lipinski definition) is 2. The topological polar surface area (TPSA) is 60.9 Å². The molecule has 1 rings (SSSR count). The molecule has 0 fully saturated rings. The molecule has 0 aromatic carbocycles. The summed E-state index contributed by atoms with van der Waals surface area (Å²) in [4.78, 5) is 11.0. The molecule has 12 heavy (non-hydrogen) atoms. The van der Waals surface area contributed by atoms with E-state index in [1.54, 1.807) is 26.1 Å². The van der Waals surface area contributed by atoms with Crippen LogP contribution in [0.5, 0.6) is 0 Å². The predicted molar refractivity (Wildman–Crippen MR) is 48.4 cm³/mol. The minimum Gasteiger partial charge on any atom is -0.368 e. The Bertz CT molecular complexity index is 305. The lowest BCUT2D eigenvalue weighted by molar-refractivity contribution is -0.125. The van der Waals surface area contributed by atoms with Crippen LogP contribution in [0.1, 0.15) is 13.8 Å². The van der Waals surface area contributed by atoms with Gasteiger partial charge in [0, 0.05) is 6.20 Å². The van der Waals surface area contributed by atoms with Crippen molar-refractivity contribution >= 4 is 21.8 Å². The average molecular weight is 232 g/mol. The Morgan fingerprint density at radius 1 is 1.75 bits per heavy atom. The van der Waals surface area contributed by atoms with Crippen LogP contribution in [0.3, 0.4) is 0 Å². The first kappa shape index (κ1) is 9.25. The number of nitrogens with two attached hydrogens (primary N) is 1. The lowest BCUT2D eigenvalue weighted by Crippen LogP contribution is -2.41. The highest BCUT2D eigenvalue weighted by Gasteiger charge is 2.27. The van der Waals surface area contributed by atoms with Crippen LogP contribution in [0.15, 0.2) is 16.9 Å². The smallest absolute Gasteiger partial charge is 0.244 e. The summed E-state index contributed by atoms with van der Waals surface area (Å²) in [6.07, 6.45) is 1.70. The summed E-state index contributed by atoms with van der Waals surface area (Å²) in [5, 5.41) is 4.04. The van der Waals surface area contributed by atoms with Gasteiger partial charge in [-0.1, -0.05) is 0 Å². The summed E-state index contributed by atoms with van der Waals surface area (Å²) >= 11 is 3.19. The molecule has 0 saturated carbocycles. The molecule has 5 heteroatoms. The Balaban J connectivity index is 3.05. The van der Waals surface area contributed by atoms with E-state index in [1.165, 1.54) is 4.68 Å². The quantitative estimate of drug-likeness (QED) is 0.822. The number of aromatic nitrogens is 2. The van der Waals surface area contributed by atoms with Crippen molar-refractivity contribution in [2.24, 2.45) is 5.73 Å². The first-order chi connectivity index (χ1) is 5.44. The predicted octanol–water partition coefficient (Wildman–Crippen LogP) is 0.866. The second kappa shape index (κ2) is 2.90. The minimum absolute atomic E-state index is 0.405. The van der Waals surface area contributed by atoms with Gasteiger partial charge in [0.25, 0.3) is 0 Å². The van der Waals surface area contributed by atoms with Gasteiger partial charge >= 0.3 is 0 Å². The molecule has 1 aromatic rings. The molecular weight excluding hydrogens is 222 g/mol. The number of carbonyl (C=O) groups is 1. The standard InChI is InChI=1S/C7H10BrN3O/c1-7(2,6(9)12)11-4-3-5(8)10-11/h3-4H,1-2H3,(H2,9,12). The van der Waals surface area contributed by atoms with Gasteiger partial charge in [0.15, 0.2) is 0 Å². The molecule has 1 heterocycles. The van der Waals surface area contributed by atoms with Gasteiger partial charge in [0.1, 0.15) is 10.1 Å². The Morgan fingerprint density at radius 3 is 2.67 bits per heavy atom. The van der Waals surface area contributed by atoms with Crippen LogP contribution in [0.2, 0.25) is 0 Å². The van der Waals surface area contributed by atoms with E-state index in [0.717, 1.165) is 0 Å². The third-order valence-electron chi connectivity index (χ3n) is 1.73. The second-order valence-corrected chi connectivity index (χ2v) is 3.82. The SMILES string of the molecule is CC(C)(C(N)=O)n1ccc(Br)n1. The van der Waals surface area contributed by atoms with Crippen molar-refractivity contribution in [2.75, 3.05) is 0 Å². The van der Waals surface area contributed by atoms with E-state index in [2.05, 4.69) is 21.0 Å². The summed E-state index contributed by atoms with van der Waals surface area (Å²) in [5.41, 5.74) is 4.42. The molecule has 2 N–H and O–H groups in total. The van der Waals surface area contributed by atoms with E-state index >= 15 is 0 Å². The monoisotopic (exact) mass is 231 g/mol. The van der Waals surface area contributed by atoms with E-state index in [4.69, 9.17) is 5.73 Å². The molecule has 0 atom stereocenters. The largest absolute Gasteiger partial charge is 0.368 e. The third kappa shape index (κ3) is 1.50. The maximum Gasteiger partial charge on any atom is 0.244 e. The van der Waals surface area contributed by atoms with Gasteiger partial charge in [-0.25, -0.2) is 0 Å². The van der Waals surface area contributed by atoms with Crippen molar-refractivity contribution in [2.45, 2.75) is 19.4 Å². The molecule has 0 bridgehead atoms. The van der Waals surface area contributed by atoms with Gasteiger partial charge in [-0.3, -0.25) is 9.48 Å². The van der Waals surface area contributed by atoms with Crippen molar-refractivity contribution in [3.05, 3.63) is 16.9 Å². The molecule has 0 aliphatic carbocycles. The van der Waals surface area contributed by atoms with Crippen molar-refractivity contribution in [1.29, 1.82) is 0 Å². The normalized spacial score (nSPS) is 11.6. The van der Waals surface area contributed by atoms with Crippen LogP contribution in [0.25, 0.3) is 0 Å². The van der Waals surface area contributed by atoms with E-state index < -0.39 is 11.4 Å². The molecule has 4 nitrogen and oxygen atoms in total. The summed E-state index contributed by atoms with van der Waals surface area (Å²) in [6.45, 7) is 3.43. The summed E-state index contributed by atoms with van der Waals surface area (Å²) in [5.74, 6) is -0.405. The van der Waals surface area contributed by atoms with Gasteiger partial charge in [0.2, 0.25) is 5.91 Å². The second-order valence-electron chi connectivity index (χ2n) is 3.01. The third-order valence-corrected chi connectivity index (χ3v) is 2.16. The van der Waals surface area contributed by atoms with Crippen LogP contribution in [-0.2, 0) is 10.3 Å². The fraction of sp³-hybridized carbons (Fsp3) is 0.429. The number of hydrogen-bond donors (Lipinski definition) is 1. The molecule has 0 spiro atoms. The highest BCUT2D eigenvalue weighted by molar-refractivity contribution is 9.10. The molecule has 0 aliphatic rings. The molecule has 1 aromatic heterocycles. The Morgan fingerprint density at radius 2 is 2.33 bits per heavy atom. The molecule has 0 unspecified atom stereocenters. The van der Waals surface area contributed by atoms with E-state index in [0.29, 0.717) is 4.60 Å². The zero-order valence-electron chi connectivity index (χ0n) is 6.91. The average Bonchev–Trinajstić information content (AvgIpc) is 2.35. The number of amides is 1.